The fourth-order valence-electron chi connectivity index (χ4n) is 3.39. The first kappa shape index (κ1) is 22.7. The van der Waals surface area contributed by atoms with Crippen LogP contribution in [0.4, 0.5) is 5.69 Å². The highest BCUT2D eigenvalue weighted by atomic mass is 16.5. The zero-order valence-electron chi connectivity index (χ0n) is 18.6. The minimum atomic E-state index is -0.597. The molecule has 0 aliphatic heterocycles. The number of aromatic nitrogens is 2. The number of benzene rings is 3. The Hall–Kier alpha value is -4.46. The van der Waals surface area contributed by atoms with Gasteiger partial charge in [0.1, 0.15) is 5.75 Å². The molecule has 0 bridgehead atoms. The maximum absolute atomic E-state index is 12.6. The Bertz CT molecular complexity index is 1380. The van der Waals surface area contributed by atoms with E-state index in [9.17, 15) is 14.4 Å². The summed E-state index contributed by atoms with van der Waals surface area (Å²) >= 11 is 0. The monoisotopic (exact) mass is 457 g/mol. The van der Waals surface area contributed by atoms with Gasteiger partial charge in [-0.15, -0.1) is 0 Å². The maximum Gasteiger partial charge on any atom is 0.308 e. The van der Waals surface area contributed by atoms with Gasteiger partial charge in [-0.2, -0.15) is 0 Å². The predicted molar refractivity (Wildman–Crippen MR) is 128 cm³/mol. The van der Waals surface area contributed by atoms with E-state index in [1.165, 1.54) is 10.9 Å². The van der Waals surface area contributed by atoms with Gasteiger partial charge in [0, 0.05) is 6.54 Å². The Kier molecular flexibility index (Phi) is 6.98. The van der Waals surface area contributed by atoms with Crippen molar-refractivity contribution in [2.45, 2.75) is 19.9 Å². The van der Waals surface area contributed by atoms with E-state index in [-0.39, 0.29) is 18.5 Å². The van der Waals surface area contributed by atoms with E-state index in [0.717, 1.165) is 5.56 Å². The van der Waals surface area contributed by atoms with Crippen LogP contribution in [0.25, 0.3) is 10.9 Å². The van der Waals surface area contributed by atoms with Crippen LogP contribution in [0.15, 0.2) is 83.9 Å². The van der Waals surface area contributed by atoms with Gasteiger partial charge in [0.25, 0.3) is 11.5 Å². The largest absolute Gasteiger partial charge is 0.456 e. The van der Waals surface area contributed by atoms with E-state index in [2.05, 4.69) is 10.3 Å². The molecule has 0 saturated carbocycles. The van der Waals surface area contributed by atoms with Crippen LogP contribution in [-0.4, -0.2) is 28.0 Å². The van der Waals surface area contributed by atoms with Crippen LogP contribution in [0.3, 0.4) is 0 Å². The first-order chi connectivity index (χ1) is 16.5. The summed E-state index contributed by atoms with van der Waals surface area (Å²) in [5, 5.41) is 3.18. The molecule has 0 unspecified atom stereocenters. The third kappa shape index (κ3) is 5.47. The van der Waals surface area contributed by atoms with Gasteiger partial charge < -0.3 is 14.8 Å². The molecule has 0 aliphatic rings. The number of fused-ring (bicyclic) bond motifs is 1. The second-order valence-electron chi connectivity index (χ2n) is 7.58. The number of hydrogen-bond donors (Lipinski definition) is 1. The first-order valence-corrected chi connectivity index (χ1v) is 10.7. The van der Waals surface area contributed by atoms with Crippen molar-refractivity contribution in [3.05, 3.63) is 95.0 Å². The number of esters is 1. The average Bonchev–Trinajstić information content (AvgIpc) is 2.85. The second-order valence-corrected chi connectivity index (χ2v) is 7.58. The molecule has 1 amide bonds. The standard InChI is InChI=1S/C26H23N3O5/c1-18-8-7-11-20-25(18)27-17-29(26(20)32)15-14-24(31)33-16-23(30)28-21-12-5-6-13-22(21)34-19-9-3-2-4-10-19/h2-13,17H,14-16H2,1H3,(H,28,30). The van der Waals surface area contributed by atoms with Crippen LogP contribution in [0.5, 0.6) is 11.5 Å². The van der Waals surface area contributed by atoms with Crippen molar-refractivity contribution in [2.75, 3.05) is 11.9 Å². The second kappa shape index (κ2) is 10.4. The van der Waals surface area contributed by atoms with E-state index in [1.54, 1.807) is 48.5 Å². The third-order valence-electron chi connectivity index (χ3n) is 5.11. The molecular formula is C26H23N3O5. The lowest BCUT2D eigenvalue weighted by Crippen LogP contribution is -2.24. The van der Waals surface area contributed by atoms with E-state index < -0.39 is 18.5 Å². The van der Waals surface area contributed by atoms with Gasteiger partial charge in [0.05, 0.1) is 29.3 Å². The van der Waals surface area contributed by atoms with E-state index >= 15 is 0 Å². The Morgan fingerprint density at radius 2 is 1.74 bits per heavy atom. The number of carbonyl (C=O) groups excluding carboxylic acids is 2. The molecule has 0 radical (unpaired) electrons. The van der Waals surface area contributed by atoms with E-state index in [0.29, 0.717) is 28.1 Å². The van der Waals surface area contributed by atoms with Crippen molar-refractivity contribution < 1.29 is 19.1 Å². The Balaban J connectivity index is 1.30. The van der Waals surface area contributed by atoms with Gasteiger partial charge in [0.2, 0.25) is 0 Å². The molecule has 172 valence electrons. The first-order valence-electron chi connectivity index (χ1n) is 10.7. The van der Waals surface area contributed by atoms with Crippen LogP contribution < -0.4 is 15.6 Å². The lowest BCUT2D eigenvalue weighted by molar-refractivity contribution is -0.147. The van der Waals surface area contributed by atoms with Crippen molar-refractivity contribution in [2.24, 2.45) is 0 Å². The zero-order valence-corrected chi connectivity index (χ0v) is 18.6. The van der Waals surface area contributed by atoms with Gasteiger partial charge in [0.15, 0.2) is 12.4 Å². The summed E-state index contributed by atoms with van der Waals surface area (Å²) < 4.78 is 12.2. The highest BCUT2D eigenvalue weighted by Gasteiger charge is 2.12. The molecular weight excluding hydrogens is 434 g/mol. The van der Waals surface area contributed by atoms with Crippen LogP contribution in [0, 0.1) is 6.92 Å². The Morgan fingerprint density at radius 3 is 2.56 bits per heavy atom. The fraction of sp³-hybridized carbons (Fsp3) is 0.154. The molecule has 4 rings (SSSR count). The Labute approximate surface area is 195 Å². The molecule has 8 heteroatoms. The van der Waals surface area contributed by atoms with Gasteiger partial charge in [-0.05, 0) is 42.8 Å². The summed E-state index contributed by atoms with van der Waals surface area (Å²) in [5.41, 5.74) is 1.77. The van der Waals surface area contributed by atoms with Crippen LogP contribution in [0.1, 0.15) is 12.0 Å². The number of anilines is 1. The summed E-state index contributed by atoms with van der Waals surface area (Å²) in [6.07, 6.45) is 1.35. The number of rotatable bonds is 8. The summed E-state index contributed by atoms with van der Waals surface area (Å²) in [7, 11) is 0. The number of hydrogen-bond acceptors (Lipinski definition) is 6. The minimum absolute atomic E-state index is 0.0695. The van der Waals surface area contributed by atoms with Gasteiger partial charge in [-0.1, -0.05) is 42.5 Å². The minimum Gasteiger partial charge on any atom is -0.456 e. The predicted octanol–water partition coefficient (Wildman–Crippen LogP) is 4.07. The van der Waals surface area contributed by atoms with Gasteiger partial charge >= 0.3 is 5.97 Å². The number of nitrogens with one attached hydrogen (secondary N) is 1. The maximum atomic E-state index is 12.6. The topological polar surface area (TPSA) is 99.5 Å². The number of para-hydroxylation sites is 4. The normalized spacial score (nSPS) is 10.6. The third-order valence-corrected chi connectivity index (χ3v) is 5.11. The summed E-state index contributed by atoms with van der Waals surface area (Å²) in [6, 6.07) is 21.5. The van der Waals surface area contributed by atoms with Gasteiger partial charge in [-0.25, -0.2) is 4.98 Å². The molecule has 3 aromatic carbocycles. The molecule has 1 heterocycles. The smallest absolute Gasteiger partial charge is 0.308 e. The van der Waals surface area contributed by atoms with Crippen molar-refractivity contribution >= 4 is 28.5 Å². The van der Waals surface area contributed by atoms with Crippen LogP contribution in [0.2, 0.25) is 0 Å². The average molecular weight is 457 g/mol. The summed E-state index contributed by atoms with van der Waals surface area (Å²) in [6.45, 7) is 1.53. The zero-order chi connectivity index (χ0) is 23.9. The summed E-state index contributed by atoms with van der Waals surface area (Å²) in [5.74, 6) is -0.00584. The number of nitrogens with zero attached hydrogens (tertiary/aromatic N) is 2. The number of ether oxygens (including phenoxy) is 2. The Morgan fingerprint density at radius 1 is 0.971 bits per heavy atom. The lowest BCUT2D eigenvalue weighted by atomic mass is 10.1. The van der Waals surface area contributed by atoms with Crippen molar-refractivity contribution in [1.29, 1.82) is 0 Å². The highest BCUT2D eigenvalue weighted by molar-refractivity contribution is 5.94. The molecule has 4 aromatic rings. The van der Waals surface area contributed by atoms with E-state index in [1.807, 2.05) is 31.2 Å². The number of carbonyl (C=O) groups is 2. The molecule has 0 aliphatic carbocycles. The number of amides is 1. The molecule has 0 atom stereocenters. The van der Waals surface area contributed by atoms with Crippen LogP contribution in [-0.2, 0) is 20.9 Å². The molecule has 34 heavy (non-hydrogen) atoms. The van der Waals surface area contributed by atoms with Crippen LogP contribution >= 0.6 is 0 Å². The van der Waals surface area contributed by atoms with Gasteiger partial charge in [-0.3, -0.25) is 19.0 Å². The fourth-order valence-corrected chi connectivity index (χ4v) is 3.39. The number of aryl methyl sites for hydroxylation is 2. The van der Waals surface area contributed by atoms with Crippen molar-refractivity contribution in [1.82, 2.24) is 9.55 Å². The SMILES string of the molecule is Cc1cccc2c(=O)n(CCC(=O)OCC(=O)Nc3ccccc3Oc3ccccc3)cnc12. The summed E-state index contributed by atoms with van der Waals surface area (Å²) in [4.78, 5) is 41.4. The molecule has 0 spiro atoms. The quantitative estimate of drug-likeness (QED) is 0.401. The molecule has 0 fully saturated rings. The highest BCUT2D eigenvalue weighted by Crippen LogP contribution is 2.29. The lowest BCUT2D eigenvalue weighted by Gasteiger charge is -2.12. The van der Waals surface area contributed by atoms with E-state index in [4.69, 9.17) is 9.47 Å². The van der Waals surface area contributed by atoms with Crippen molar-refractivity contribution in [3.63, 3.8) is 0 Å². The van der Waals surface area contributed by atoms with Crippen molar-refractivity contribution in [3.8, 4) is 11.5 Å². The molecule has 1 N–H and O–H groups in total. The molecule has 0 saturated heterocycles. The molecule has 1 aromatic heterocycles. The molecule has 8 nitrogen and oxygen atoms in total.